The standard InChI is InChI=1S/C18H15NO6/c20-15-10-16(21)14(17(22)23)9-13(15)7-4-8-19-18(24)25-11-12-5-2-1-3-6-12/h1-3,5-6,9-10,20-21H,8,11H2,(H,19,24)(H,22,23). The van der Waals surface area contributed by atoms with Gasteiger partial charge in [-0.1, -0.05) is 42.2 Å². The van der Waals surface area contributed by atoms with Crippen LogP contribution in [-0.2, 0) is 11.3 Å². The molecule has 0 heterocycles. The lowest BCUT2D eigenvalue weighted by molar-refractivity contribution is 0.0693. The number of amides is 1. The number of hydrogen-bond acceptors (Lipinski definition) is 5. The van der Waals surface area contributed by atoms with Crippen molar-refractivity contribution in [3.05, 3.63) is 59.2 Å². The second kappa shape index (κ2) is 8.26. The van der Waals surface area contributed by atoms with Gasteiger partial charge in [-0.25, -0.2) is 9.59 Å². The van der Waals surface area contributed by atoms with Gasteiger partial charge in [0.2, 0.25) is 0 Å². The van der Waals surface area contributed by atoms with Crippen molar-refractivity contribution in [1.82, 2.24) is 5.32 Å². The van der Waals surface area contributed by atoms with Gasteiger partial charge in [-0.2, -0.15) is 0 Å². The van der Waals surface area contributed by atoms with Crippen molar-refractivity contribution in [2.24, 2.45) is 0 Å². The number of alkyl carbamates (subject to hydrolysis) is 1. The normalized spacial score (nSPS) is 9.60. The first-order valence-corrected chi connectivity index (χ1v) is 7.20. The summed E-state index contributed by atoms with van der Waals surface area (Å²) < 4.78 is 4.99. The zero-order chi connectivity index (χ0) is 18.2. The Balaban J connectivity index is 1.89. The number of aromatic carboxylic acids is 1. The molecule has 25 heavy (non-hydrogen) atoms. The van der Waals surface area contributed by atoms with Crippen LogP contribution in [0.4, 0.5) is 4.79 Å². The fraction of sp³-hybridized carbons (Fsp3) is 0.111. The SMILES string of the molecule is O=C(NCC#Cc1cc(C(=O)O)c(O)cc1O)OCc1ccccc1. The van der Waals surface area contributed by atoms with Crippen LogP contribution in [0.25, 0.3) is 0 Å². The molecule has 0 atom stereocenters. The van der Waals surface area contributed by atoms with E-state index in [0.717, 1.165) is 17.7 Å². The van der Waals surface area contributed by atoms with E-state index in [2.05, 4.69) is 17.2 Å². The molecule has 0 spiro atoms. The second-order valence-corrected chi connectivity index (χ2v) is 4.91. The average Bonchev–Trinajstić information content (AvgIpc) is 2.59. The highest BCUT2D eigenvalue weighted by atomic mass is 16.5. The molecular formula is C18H15NO6. The molecular weight excluding hydrogens is 326 g/mol. The van der Waals surface area contributed by atoms with Crippen LogP contribution >= 0.6 is 0 Å². The van der Waals surface area contributed by atoms with Crippen LogP contribution in [0.5, 0.6) is 11.5 Å². The number of carboxylic acid groups (broad SMARTS) is 1. The molecule has 0 saturated heterocycles. The van der Waals surface area contributed by atoms with E-state index in [0.29, 0.717) is 0 Å². The third-order valence-corrected chi connectivity index (χ3v) is 3.10. The first kappa shape index (κ1) is 17.7. The highest BCUT2D eigenvalue weighted by molar-refractivity contribution is 5.91. The average molecular weight is 341 g/mol. The van der Waals surface area contributed by atoms with Gasteiger partial charge in [-0.3, -0.25) is 0 Å². The molecule has 0 radical (unpaired) electrons. The summed E-state index contributed by atoms with van der Waals surface area (Å²) in [4.78, 5) is 22.5. The van der Waals surface area contributed by atoms with Crippen LogP contribution in [0, 0.1) is 11.8 Å². The number of aromatic hydroxyl groups is 2. The molecule has 1 amide bonds. The van der Waals surface area contributed by atoms with Crippen molar-refractivity contribution in [1.29, 1.82) is 0 Å². The van der Waals surface area contributed by atoms with E-state index >= 15 is 0 Å². The highest BCUT2D eigenvalue weighted by Crippen LogP contribution is 2.26. The summed E-state index contributed by atoms with van der Waals surface area (Å²) in [7, 11) is 0. The molecule has 0 saturated carbocycles. The highest BCUT2D eigenvalue weighted by Gasteiger charge is 2.13. The zero-order valence-electron chi connectivity index (χ0n) is 13.0. The Morgan fingerprint density at radius 2 is 1.80 bits per heavy atom. The van der Waals surface area contributed by atoms with Crippen molar-refractivity contribution >= 4 is 12.1 Å². The monoisotopic (exact) mass is 341 g/mol. The first-order valence-electron chi connectivity index (χ1n) is 7.20. The molecule has 0 aliphatic rings. The molecule has 0 unspecified atom stereocenters. The van der Waals surface area contributed by atoms with Crippen LogP contribution < -0.4 is 5.32 Å². The van der Waals surface area contributed by atoms with E-state index in [1.807, 2.05) is 30.3 Å². The topological polar surface area (TPSA) is 116 Å². The number of ether oxygens (including phenoxy) is 1. The lowest BCUT2D eigenvalue weighted by atomic mass is 10.1. The Morgan fingerprint density at radius 1 is 1.08 bits per heavy atom. The Kier molecular flexibility index (Phi) is 5.85. The zero-order valence-corrected chi connectivity index (χ0v) is 13.0. The van der Waals surface area contributed by atoms with Gasteiger partial charge < -0.3 is 25.4 Å². The van der Waals surface area contributed by atoms with Gasteiger partial charge in [0.25, 0.3) is 0 Å². The quantitative estimate of drug-likeness (QED) is 0.633. The van der Waals surface area contributed by atoms with Gasteiger partial charge in [0, 0.05) is 6.07 Å². The molecule has 0 aliphatic carbocycles. The number of nitrogens with one attached hydrogen (secondary N) is 1. The van der Waals surface area contributed by atoms with Gasteiger partial charge in [-0.15, -0.1) is 0 Å². The number of phenols is 2. The summed E-state index contributed by atoms with van der Waals surface area (Å²) in [5.41, 5.74) is 0.492. The minimum atomic E-state index is -1.34. The molecule has 128 valence electrons. The van der Waals surface area contributed by atoms with Crippen molar-refractivity contribution in [3.8, 4) is 23.3 Å². The van der Waals surface area contributed by atoms with Gasteiger partial charge >= 0.3 is 12.1 Å². The lowest BCUT2D eigenvalue weighted by Gasteiger charge is -2.04. The number of carbonyl (C=O) groups excluding carboxylic acids is 1. The minimum Gasteiger partial charge on any atom is -0.507 e. The van der Waals surface area contributed by atoms with E-state index in [4.69, 9.17) is 9.84 Å². The molecule has 0 bridgehead atoms. The Labute approximate surface area is 143 Å². The van der Waals surface area contributed by atoms with Gasteiger partial charge in [0.1, 0.15) is 23.7 Å². The summed E-state index contributed by atoms with van der Waals surface area (Å²) in [6.07, 6.45) is -0.653. The Bertz CT molecular complexity index is 836. The molecule has 4 N–H and O–H groups in total. The fourth-order valence-corrected chi connectivity index (χ4v) is 1.88. The third-order valence-electron chi connectivity index (χ3n) is 3.10. The van der Waals surface area contributed by atoms with Crippen LogP contribution in [-0.4, -0.2) is 33.9 Å². The van der Waals surface area contributed by atoms with E-state index in [-0.39, 0.29) is 30.0 Å². The van der Waals surface area contributed by atoms with Crippen LogP contribution in [0.15, 0.2) is 42.5 Å². The smallest absolute Gasteiger partial charge is 0.408 e. The fourth-order valence-electron chi connectivity index (χ4n) is 1.88. The molecule has 0 fully saturated rings. The van der Waals surface area contributed by atoms with E-state index in [9.17, 15) is 19.8 Å². The van der Waals surface area contributed by atoms with Crippen LogP contribution in [0.2, 0.25) is 0 Å². The maximum Gasteiger partial charge on any atom is 0.408 e. The Morgan fingerprint density at radius 3 is 2.48 bits per heavy atom. The van der Waals surface area contributed by atoms with Crippen molar-refractivity contribution in [2.75, 3.05) is 6.54 Å². The number of carbonyl (C=O) groups is 2. The molecule has 2 rings (SSSR count). The number of benzene rings is 2. The number of hydrogen-bond donors (Lipinski definition) is 4. The minimum absolute atomic E-state index is 0.0228. The lowest BCUT2D eigenvalue weighted by Crippen LogP contribution is -2.24. The van der Waals surface area contributed by atoms with Crippen LogP contribution in [0.3, 0.4) is 0 Å². The summed E-state index contributed by atoms with van der Waals surface area (Å²) >= 11 is 0. The van der Waals surface area contributed by atoms with E-state index < -0.39 is 17.8 Å². The van der Waals surface area contributed by atoms with Crippen molar-refractivity contribution in [2.45, 2.75) is 6.61 Å². The molecule has 7 heteroatoms. The molecule has 7 nitrogen and oxygen atoms in total. The van der Waals surface area contributed by atoms with Gasteiger partial charge in [-0.05, 0) is 11.6 Å². The van der Waals surface area contributed by atoms with Gasteiger partial charge in [0.05, 0.1) is 12.1 Å². The Hall–Kier alpha value is -3.66. The number of phenolic OH excluding ortho intramolecular Hbond substituents is 1. The summed E-state index contributed by atoms with van der Waals surface area (Å²) in [5.74, 6) is 2.82. The van der Waals surface area contributed by atoms with Crippen molar-refractivity contribution < 1.29 is 29.6 Å². The van der Waals surface area contributed by atoms with Crippen LogP contribution in [0.1, 0.15) is 21.5 Å². The van der Waals surface area contributed by atoms with Crippen molar-refractivity contribution in [3.63, 3.8) is 0 Å². The van der Waals surface area contributed by atoms with E-state index in [1.165, 1.54) is 0 Å². The second-order valence-electron chi connectivity index (χ2n) is 4.91. The third kappa shape index (κ3) is 5.18. The largest absolute Gasteiger partial charge is 0.507 e. The first-order chi connectivity index (χ1) is 12.0. The predicted molar refractivity (Wildman–Crippen MR) is 88.2 cm³/mol. The summed E-state index contributed by atoms with van der Waals surface area (Å²) in [5, 5.41) is 30.4. The molecule has 2 aromatic carbocycles. The van der Waals surface area contributed by atoms with Gasteiger partial charge in [0.15, 0.2) is 0 Å². The van der Waals surface area contributed by atoms with E-state index in [1.54, 1.807) is 0 Å². The molecule has 0 aromatic heterocycles. The maximum absolute atomic E-state index is 11.5. The molecule has 0 aliphatic heterocycles. The predicted octanol–water partition coefficient (Wildman–Crippen LogP) is 2.07. The summed E-state index contributed by atoms with van der Waals surface area (Å²) in [6.45, 7) is 0.0666. The number of carboxylic acids is 1. The number of rotatable bonds is 4. The maximum atomic E-state index is 11.5. The summed E-state index contributed by atoms with van der Waals surface area (Å²) in [6, 6.07) is 11.1. The molecule has 2 aromatic rings.